The molecule has 70 valence electrons. The van der Waals surface area contributed by atoms with E-state index in [1.54, 1.807) is 12.1 Å². The van der Waals surface area contributed by atoms with Crippen LogP contribution in [0.2, 0.25) is 0 Å². The van der Waals surface area contributed by atoms with E-state index in [9.17, 15) is 9.90 Å². The summed E-state index contributed by atoms with van der Waals surface area (Å²) in [7, 11) is 0. The molecule has 3 heteroatoms. The SMILES string of the molecule is CC(C)c1cccc(O)c(=O)c1O. The quantitative estimate of drug-likeness (QED) is 0.689. The number of hydrogen-bond acceptors (Lipinski definition) is 3. The monoisotopic (exact) mass is 180 g/mol. The van der Waals surface area contributed by atoms with Crippen LogP contribution in [0.3, 0.4) is 0 Å². The molecule has 1 rings (SSSR count). The van der Waals surface area contributed by atoms with Crippen molar-refractivity contribution >= 4 is 0 Å². The highest BCUT2D eigenvalue weighted by Gasteiger charge is 2.09. The van der Waals surface area contributed by atoms with Crippen LogP contribution < -0.4 is 5.43 Å². The topological polar surface area (TPSA) is 57.5 Å². The van der Waals surface area contributed by atoms with Crippen molar-refractivity contribution in [1.82, 2.24) is 0 Å². The van der Waals surface area contributed by atoms with E-state index in [1.807, 2.05) is 13.8 Å². The Kier molecular flexibility index (Phi) is 2.56. The molecule has 1 aromatic carbocycles. The predicted octanol–water partition coefficient (Wildman–Crippen LogP) is 1.58. The van der Waals surface area contributed by atoms with Crippen molar-refractivity contribution < 1.29 is 10.2 Å². The molecule has 0 heterocycles. The molecule has 0 aliphatic rings. The van der Waals surface area contributed by atoms with Crippen LogP contribution >= 0.6 is 0 Å². The van der Waals surface area contributed by atoms with Gasteiger partial charge in [0.2, 0.25) is 0 Å². The largest absolute Gasteiger partial charge is 0.504 e. The van der Waals surface area contributed by atoms with E-state index >= 15 is 0 Å². The Morgan fingerprint density at radius 1 is 1.23 bits per heavy atom. The Morgan fingerprint density at radius 2 is 1.85 bits per heavy atom. The van der Waals surface area contributed by atoms with Gasteiger partial charge in [-0.2, -0.15) is 0 Å². The van der Waals surface area contributed by atoms with E-state index in [-0.39, 0.29) is 11.7 Å². The summed E-state index contributed by atoms with van der Waals surface area (Å²) in [6.07, 6.45) is 0. The van der Waals surface area contributed by atoms with Gasteiger partial charge in [-0.15, -0.1) is 0 Å². The van der Waals surface area contributed by atoms with Gasteiger partial charge in [-0.25, -0.2) is 0 Å². The fraction of sp³-hybridized carbons (Fsp3) is 0.300. The first kappa shape index (κ1) is 9.58. The predicted molar refractivity (Wildman–Crippen MR) is 50.1 cm³/mol. The Morgan fingerprint density at radius 3 is 2.38 bits per heavy atom. The minimum absolute atomic E-state index is 0.0551. The number of rotatable bonds is 1. The van der Waals surface area contributed by atoms with Gasteiger partial charge in [0.15, 0.2) is 11.5 Å². The molecule has 0 aliphatic heterocycles. The van der Waals surface area contributed by atoms with Crippen LogP contribution in [-0.2, 0) is 0 Å². The molecule has 2 N–H and O–H groups in total. The van der Waals surface area contributed by atoms with Gasteiger partial charge >= 0.3 is 0 Å². The summed E-state index contributed by atoms with van der Waals surface area (Å²) in [6, 6.07) is 4.45. The molecule has 0 aromatic heterocycles. The lowest BCUT2D eigenvalue weighted by atomic mass is 10.0. The highest BCUT2D eigenvalue weighted by molar-refractivity contribution is 5.38. The van der Waals surface area contributed by atoms with Crippen molar-refractivity contribution in [3.8, 4) is 11.5 Å². The van der Waals surface area contributed by atoms with Gasteiger partial charge in [0.05, 0.1) is 0 Å². The molecular formula is C10H12O3. The maximum absolute atomic E-state index is 11.2. The zero-order valence-electron chi connectivity index (χ0n) is 7.61. The van der Waals surface area contributed by atoms with Crippen molar-refractivity contribution in [2.45, 2.75) is 19.8 Å². The summed E-state index contributed by atoms with van der Waals surface area (Å²) in [5.74, 6) is -0.735. The van der Waals surface area contributed by atoms with Crippen molar-refractivity contribution in [2.75, 3.05) is 0 Å². The third kappa shape index (κ3) is 1.80. The summed E-state index contributed by atoms with van der Waals surface area (Å²) >= 11 is 0. The molecule has 0 atom stereocenters. The highest BCUT2D eigenvalue weighted by atomic mass is 16.3. The van der Waals surface area contributed by atoms with E-state index < -0.39 is 11.2 Å². The van der Waals surface area contributed by atoms with E-state index in [2.05, 4.69) is 0 Å². The molecular weight excluding hydrogens is 168 g/mol. The fourth-order valence-electron chi connectivity index (χ4n) is 1.12. The van der Waals surface area contributed by atoms with E-state index in [0.29, 0.717) is 5.56 Å². The second kappa shape index (κ2) is 3.47. The van der Waals surface area contributed by atoms with Crippen LogP contribution in [0.25, 0.3) is 0 Å². The number of aromatic hydroxyl groups is 2. The summed E-state index contributed by atoms with van der Waals surface area (Å²) in [4.78, 5) is 11.2. The standard InChI is InChI=1S/C10H12O3/c1-6(2)7-4-3-5-8(11)10(13)9(7)12/h3-6H,1-2H3,(H2,11,12,13). The zero-order valence-corrected chi connectivity index (χ0v) is 7.61. The average molecular weight is 180 g/mol. The summed E-state index contributed by atoms with van der Waals surface area (Å²) < 4.78 is 0. The lowest BCUT2D eigenvalue weighted by molar-refractivity contribution is 0.439. The second-order valence-electron chi connectivity index (χ2n) is 3.20. The average Bonchev–Trinajstić information content (AvgIpc) is 2.18. The third-order valence-electron chi connectivity index (χ3n) is 1.87. The van der Waals surface area contributed by atoms with Crippen LogP contribution in [0.5, 0.6) is 11.5 Å². The molecule has 0 unspecified atom stereocenters. The summed E-state index contributed by atoms with van der Waals surface area (Å²) in [5.41, 5.74) is -0.168. The van der Waals surface area contributed by atoms with Gasteiger partial charge in [0, 0.05) is 5.56 Å². The molecule has 0 saturated heterocycles. The molecule has 0 amide bonds. The first-order valence-electron chi connectivity index (χ1n) is 4.09. The Hall–Kier alpha value is -1.51. The maximum Gasteiger partial charge on any atom is 0.261 e. The van der Waals surface area contributed by atoms with Gasteiger partial charge in [-0.3, -0.25) is 4.79 Å². The van der Waals surface area contributed by atoms with Crippen LogP contribution in [0.1, 0.15) is 25.3 Å². The summed E-state index contributed by atoms with van der Waals surface area (Å²) in [5, 5.41) is 18.5. The fourth-order valence-corrected chi connectivity index (χ4v) is 1.12. The third-order valence-corrected chi connectivity index (χ3v) is 1.87. The highest BCUT2D eigenvalue weighted by Crippen LogP contribution is 2.21. The first-order valence-corrected chi connectivity index (χ1v) is 4.09. The smallest absolute Gasteiger partial charge is 0.261 e. The van der Waals surface area contributed by atoms with Crippen LogP contribution in [0, 0.1) is 0 Å². The minimum atomic E-state index is -0.714. The van der Waals surface area contributed by atoms with Gasteiger partial charge in [-0.05, 0) is 12.0 Å². The Labute approximate surface area is 76.3 Å². The molecule has 0 radical (unpaired) electrons. The normalized spacial score (nSPS) is 10.4. The maximum atomic E-state index is 11.2. The number of hydrogen-bond donors (Lipinski definition) is 2. The lowest BCUT2D eigenvalue weighted by Gasteiger charge is -2.02. The van der Waals surface area contributed by atoms with Crippen molar-refractivity contribution in [1.29, 1.82) is 0 Å². The van der Waals surface area contributed by atoms with Crippen molar-refractivity contribution in [3.05, 3.63) is 34.0 Å². The molecule has 0 aliphatic carbocycles. The Balaban J connectivity index is 3.53. The first-order chi connectivity index (χ1) is 6.04. The van der Waals surface area contributed by atoms with Crippen LogP contribution in [-0.4, -0.2) is 10.2 Å². The van der Waals surface area contributed by atoms with Crippen LogP contribution in [0.4, 0.5) is 0 Å². The molecule has 13 heavy (non-hydrogen) atoms. The molecule has 0 spiro atoms. The Bertz CT molecular complexity index is 369. The molecule has 0 saturated carbocycles. The molecule has 0 bridgehead atoms. The van der Waals surface area contributed by atoms with E-state index in [4.69, 9.17) is 5.11 Å². The van der Waals surface area contributed by atoms with E-state index in [1.165, 1.54) is 6.07 Å². The van der Waals surface area contributed by atoms with Gasteiger partial charge < -0.3 is 10.2 Å². The zero-order chi connectivity index (χ0) is 10.0. The van der Waals surface area contributed by atoms with Crippen molar-refractivity contribution in [2.24, 2.45) is 0 Å². The van der Waals surface area contributed by atoms with Gasteiger partial charge in [-0.1, -0.05) is 26.0 Å². The lowest BCUT2D eigenvalue weighted by Crippen LogP contribution is -1.99. The molecule has 1 aromatic rings. The summed E-state index contributed by atoms with van der Waals surface area (Å²) in [6.45, 7) is 3.73. The molecule has 0 fully saturated rings. The second-order valence-corrected chi connectivity index (χ2v) is 3.20. The molecule has 3 nitrogen and oxygen atoms in total. The van der Waals surface area contributed by atoms with Crippen LogP contribution in [0.15, 0.2) is 23.0 Å². The minimum Gasteiger partial charge on any atom is -0.504 e. The van der Waals surface area contributed by atoms with Gasteiger partial charge in [0.25, 0.3) is 5.43 Å². The van der Waals surface area contributed by atoms with Crippen molar-refractivity contribution in [3.63, 3.8) is 0 Å². The van der Waals surface area contributed by atoms with E-state index in [0.717, 1.165) is 0 Å². The van der Waals surface area contributed by atoms with Gasteiger partial charge in [0.1, 0.15) is 0 Å².